The third-order valence-electron chi connectivity index (χ3n) is 7.02. The van der Waals surface area contributed by atoms with Crippen LogP contribution in [-0.4, -0.2) is 52.2 Å². The lowest BCUT2D eigenvalue weighted by atomic mass is 9.96. The minimum absolute atomic E-state index is 0.121. The summed E-state index contributed by atoms with van der Waals surface area (Å²) in [5.41, 5.74) is 4.78. The Morgan fingerprint density at radius 3 is 1.85 bits per heavy atom. The molecule has 5 nitrogen and oxygen atoms in total. The van der Waals surface area contributed by atoms with E-state index in [1.807, 2.05) is 54.9 Å². The van der Waals surface area contributed by atoms with Crippen molar-refractivity contribution in [1.29, 1.82) is 0 Å². The summed E-state index contributed by atoms with van der Waals surface area (Å²) in [6.07, 6.45) is 0. The number of nitrogens with zero attached hydrogens (tertiary/aromatic N) is 3. The van der Waals surface area contributed by atoms with Gasteiger partial charge in [-0.15, -0.1) is 0 Å². The van der Waals surface area contributed by atoms with Crippen LogP contribution >= 0.6 is 0 Å². The lowest BCUT2D eigenvalue weighted by Gasteiger charge is -2.39. The Kier molecular flexibility index (Phi) is 6.03. The van der Waals surface area contributed by atoms with Crippen LogP contribution in [0.3, 0.4) is 0 Å². The van der Waals surface area contributed by atoms with Gasteiger partial charge in [-0.05, 0) is 24.1 Å². The van der Waals surface area contributed by atoms with Crippen molar-refractivity contribution in [1.82, 2.24) is 14.4 Å². The molecule has 5 rings (SSSR count). The number of amides is 1. The quantitative estimate of drug-likeness (QED) is 0.329. The number of para-hydroxylation sites is 1. The zero-order valence-electron chi connectivity index (χ0n) is 19.6. The van der Waals surface area contributed by atoms with E-state index < -0.39 is 11.7 Å². The molecular weight excluding hydrogens is 422 g/mol. The average molecular weight is 452 g/mol. The highest BCUT2D eigenvalue weighted by Gasteiger charge is 2.32. The Hall–Kier alpha value is -3.70. The first-order valence-electron chi connectivity index (χ1n) is 11.8. The van der Waals surface area contributed by atoms with E-state index >= 15 is 0 Å². The van der Waals surface area contributed by atoms with E-state index in [1.54, 1.807) is 4.90 Å². The molecule has 1 fully saturated rings. The Morgan fingerprint density at radius 2 is 1.26 bits per heavy atom. The summed E-state index contributed by atoms with van der Waals surface area (Å²) >= 11 is 0. The van der Waals surface area contributed by atoms with E-state index in [2.05, 4.69) is 53.4 Å². The Morgan fingerprint density at radius 1 is 0.735 bits per heavy atom. The topological polar surface area (TPSA) is 45.6 Å². The molecule has 1 amide bonds. The van der Waals surface area contributed by atoms with Crippen LogP contribution in [0.2, 0.25) is 0 Å². The number of carbonyl (C=O) groups excluding carboxylic acids is 2. The minimum Gasteiger partial charge on any atom is -0.347 e. The Balaban J connectivity index is 1.35. The maximum absolute atomic E-state index is 13.3. The van der Waals surface area contributed by atoms with Crippen molar-refractivity contribution >= 4 is 22.6 Å². The SMILES string of the molecule is Cc1c(C(=O)C(=O)N2CCN(C(c3ccccc3)c3ccccc3)CC2)c2ccccc2n1C. The zero-order chi connectivity index (χ0) is 23.7. The number of rotatable bonds is 5. The molecule has 0 bridgehead atoms. The number of piperazine rings is 1. The Labute approximate surface area is 200 Å². The van der Waals surface area contributed by atoms with E-state index in [4.69, 9.17) is 0 Å². The van der Waals surface area contributed by atoms with Crippen molar-refractivity contribution in [3.63, 3.8) is 0 Å². The highest BCUT2D eigenvalue weighted by Crippen LogP contribution is 2.30. The van der Waals surface area contributed by atoms with Crippen molar-refractivity contribution in [2.75, 3.05) is 26.2 Å². The van der Waals surface area contributed by atoms with Gasteiger partial charge in [0.25, 0.3) is 11.7 Å². The van der Waals surface area contributed by atoms with E-state index in [1.165, 1.54) is 11.1 Å². The summed E-state index contributed by atoms with van der Waals surface area (Å²) in [5, 5.41) is 0.840. The molecule has 0 atom stereocenters. The van der Waals surface area contributed by atoms with E-state index in [9.17, 15) is 9.59 Å². The molecule has 0 spiro atoms. The first-order chi connectivity index (χ1) is 16.6. The van der Waals surface area contributed by atoms with E-state index in [0.717, 1.165) is 16.6 Å². The van der Waals surface area contributed by atoms with E-state index in [-0.39, 0.29) is 6.04 Å². The third kappa shape index (κ3) is 3.93. The highest BCUT2D eigenvalue weighted by molar-refractivity contribution is 6.45. The molecule has 5 heteroatoms. The number of fused-ring (bicyclic) bond motifs is 1. The number of hydrogen-bond acceptors (Lipinski definition) is 3. The summed E-state index contributed by atoms with van der Waals surface area (Å²) in [7, 11) is 1.94. The molecule has 1 aliphatic heterocycles. The average Bonchev–Trinajstić information content (AvgIpc) is 3.15. The number of Topliss-reactive ketones (excluding diaryl/α,β-unsaturated/α-hetero) is 1. The fourth-order valence-electron chi connectivity index (χ4n) is 5.13. The largest absolute Gasteiger partial charge is 0.347 e. The minimum atomic E-state index is -0.412. The monoisotopic (exact) mass is 451 g/mol. The molecule has 2 heterocycles. The molecule has 1 aliphatic rings. The van der Waals surface area contributed by atoms with Crippen molar-refractivity contribution in [3.8, 4) is 0 Å². The molecule has 0 radical (unpaired) electrons. The summed E-state index contributed by atoms with van der Waals surface area (Å²) in [5.74, 6) is -0.819. The molecular formula is C29H29N3O2. The van der Waals surface area contributed by atoms with Gasteiger partial charge in [0.05, 0.1) is 11.6 Å². The van der Waals surface area contributed by atoms with Crippen LogP contribution in [0.4, 0.5) is 0 Å². The first-order valence-corrected chi connectivity index (χ1v) is 11.8. The van der Waals surface area contributed by atoms with Gasteiger partial charge < -0.3 is 9.47 Å². The van der Waals surface area contributed by atoms with Gasteiger partial charge in [0.1, 0.15) is 0 Å². The smallest absolute Gasteiger partial charge is 0.295 e. The van der Waals surface area contributed by atoms with Crippen LogP contribution in [0.5, 0.6) is 0 Å². The summed E-state index contributed by atoms with van der Waals surface area (Å²) in [6, 6.07) is 28.8. The number of hydrogen-bond donors (Lipinski definition) is 0. The van der Waals surface area contributed by atoms with Crippen molar-refractivity contribution < 1.29 is 9.59 Å². The van der Waals surface area contributed by atoms with Crippen LogP contribution in [0.15, 0.2) is 84.9 Å². The van der Waals surface area contributed by atoms with Gasteiger partial charge in [0.2, 0.25) is 0 Å². The van der Waals surface area contributed by atoms with Crippen molar-refractivity contribution in [3.05, 3.63) is 107 Å². The van der Waals surface area contributed by atoms with Crippen LogP contribution in [-0.2, 0) is 11.8 Å². The summed E-state index contributed by atoms with van der Waals surface area (Å²) in [4.78, 5) is 30.7. The number of benzene rings is 3. The normalized spacial score (nSPS) is 14.6. The van der Waals surface area contributed by atoms with Gasteiger partial charge in [-0.25, -0.2) is 0 Å². The Bertz CT molecular complexity index is 1280. The molecule has 4 aromatic rings. The van der Waals surface area contributed by atoms with Crippen LogP contribution in [0.25, 0.3) is 10.9 Å². The standard InChI is InChI=1S/C29H29N3O2/c1-21-26(24-15-9-10-16-25(24)30(21)2)28(33)29(34)32-19-17-31(18-20-32)27(22-11-5-3-6-12-22)23-13-7-4-8-14-23/h3-16,27H,17-20H2,1-2H3. The first kappa shape index (κ1) is 22.1. The van der Waals surface area contributed by atoms with Crippen molar-refractivity contribution in [2.24, 2.45) is 7.05 Å². The second kappa shape index (κ2) is 9.27. The predicted octanol–water partition coefficient (Wildman–Crippen LogP) is 4.60. The van der Waals surface area contributed by atoms with Gasteiger partial charge in [-0.3, -0.25) is 14.5 Å². The number of aromatic nitrogens is 1. The van der Waals surface area contributed by atoms with Gasteiger partial charge in [-0.2, -0.15) is 0 Å². The molecule has 0 unspecified atom stereocenters. The molecule has 0 N–H and O–H groups in total. The number of aryl methyl sites for hydroxylation is 1. The lowest BCUT2D eigenvalue weighted by molar-refractivity contribution is -0.128. The highest BCUT2D eigenvalue weighted by atomic mass is 16.2. The molecule has 1 saturated heterocycles. The molecule has 34 heavy (non-hydrogen) atoms. The predicted molar refractivity (Wildman–Crippen MR) is 135 cm³/mol. The molecule has 1 aromatic heterocycles. The third-order valence-corrected chi connectivity index (χ3v) is 7.02. The fraction of sp³-hybridized carbons (Fsp3) is 0.241. The molecule has 0 saturated carbocycles. The second-order valence-electron chi connectivity index (χ2n) is 8.92. The van der Waals surface area contributed by atoms with E-state index in [0.29, 0.717) is 31.7 Å². The zero-order valence-corrected chi connectivity index (χ0v) is 19.6. The van der Waals surface area contributed by atoms with Gasteiger partial charge in [0, 0.05) is 49.8 Å². The molecule has 172 valence electrons. The van der Waals surface area contributed by atoms with Gasteiger partial charge >= 0.3 is 0 Å². The van der Waals surface area contributed by atoms with Gasteiger partial charge in [0.15, 0.2) is 0 Å². The van der Waals surface area contributed by atoms with Crippen LogP contribution in [0.1, 0.15) is 33.2 Å². The molecule has 0 aliphatic carbocycles. The van der Waals surface area contributed by atoms with Crippen molar-refractivity contribution in [2.45, 2.75) is 13.0 Å². The summed E-state index contributed by atoms with van der Waals surface area (Å²) < 4.78 is 1.98. The number of carbonyl (C=O) groups is 2. The van der Waals surface area contributed by atoms with Crippen LogP contribution < -0.4 is 0 Å². The number of ketones is 1. The fourth-order valence-corrected chi connectivity index (χ4v) is 5.13. The van der Waals surface area contributed by atoms with Gasteiger partial charge in [-0.1, -0.05) is 78.9 Å². The maximum Gasteiger partial charge on any atom is 0.295 e. The summed E-state index contributed by atoms with van der Waals surface area (Å²) in [6.45, 7) is 4.39. The van der Waals surface area contributed by atoms with Crippen LogP contribution in [0, 0.1) is 6.92 Å². The maximum atomic E-state index is 13.3. The molecule has 3 aromatic carbocycles. The second-order valence-corrected chi connectivity index (χ2v) is 8.92. The lowest BCUT2D eigenvalue weighted by Crippen LogP contribution is -2.51.